The van der Waals surface area contributed by atoms with Crippen LogP contribution in [0.4, 0.5) is 0 Å². The molecule has 2 aromatic heterocycles. The molecule has 0 saturated heterocycles. The molecule has 0 aliphatic rings. The maximum Gasteiger partial charge on any atom is 0.137 e. The third kappa shape index (κ3) is 2.38. The molecule has 0 N–H and O–H groups in total. The molecule has 0 aliphatic carbocycles. The van der Waals surface area contributed by atoms with E-state index in [1.807, 2.05) is 59.3 Å². The van der Waals surface area contributed by atoms with Gasteiger partial charge in [-0.1, -0.05) is 28.1 Å². The second kappa shape index (κ2) is 4.82. The lowest BCUT2D eigenvalue weighted by Crippen LogP contribution is -1.95. The third-order valence-corrected chi connectivity index (χ3v) is 3.09. The molecule has 3 aromatic rings. The lowest BCUT2D eigenvalue weighted by molar-refractivity contribution is 0.302. The Morgan fingerprint density at radius 2 is 2.11 bits per heavy atom. The SMILES string of the molecule is Brc1cccc(OCc2cn3ccccc3n2)c1. The van der Waals surface area contributed by atoms with Crippen LogP contribution in [0.15, 0.2) is 59.3 Å². The van der Waals surface area contributed by atoms with E-state index in [1.165, 1.54) is 0 Å². The summed E-state index contributed by atoms with van der Waals surface area (Å²) in [5.74, 6) is 0.835. The van der Waals surface area contributed by atoms with Gasteiger partial charge >= 0.3 is 0 Å². The minimum Gasteiger partial charge on any atom is -0.487 e. The van der Waals surface area contributed by atoms with Crippen molar-refractivity contribution >= 4 is 21.6 Å². The van der Waals surface area contributed by atoms with E-state index in [1.54, 1.807) is 0 Å². The zero-order valence-corrected chi connectivity index (χ0v) is 11.2. The number of halogens is 1. The number of rotatable bonds is 3. The molecule has 0 saturated carbocycles. The van der Waals surface area contributed by atoms with Gasteiger partial charge in [0.1, 0.15) is 18.0 Å². The van der Waals surface area contributed by atoms with Gasteiger partial charge < -0.3 is 9.14 Å². The summed E-state index contributed by atoms with van der Waals surface area (Å²) in [6.07, 6.45) is 3.96. The Balaban J connectivity index is 1.76. The summed E-state index contributed by atoms with van der Waals surface area (Å²) in [5, 5.41) is 0. The number of imidazole rings is 1. The van der Waals surface area contributed by atoms with Crippen LogP contribution in [-0.4, -0.2) is 9.38 Å². The van der Waals surface area contributed by atoms with Gasteiger partial charge in [-0.25, -0.2) is 4.98 Å². The van der Waals surface area contributed by atoms with E-state index >= 15 is 0 Å². The number of aromatic nitrogens is 2. The third-order valence-electron chi connectivity index (χ3n) is 2.60. The lowest BCUT2D eigenvalue weighted by Gasteiger charge is -2.03. The van der Waals surface area contributed by atoms with Crippen molar-refractivity contribution in [1.29, 1.82) is 0 Å². The van der Waals surface area contributed by atoms with Crippen molar-refractivity contribution < 1.29 is 4.74 Å². The number of hydrogen-bond acceptors (Lipinski definition) is 2. The Bertz CT molecular complexity index is 645. The van der Waals surface area contributed by atoms with Crippen LogP contribution in [-0.2, 0) is 6.61 Å². The summed E-state index contributed by atoms with van der Waals surface area (Å²) in [7, 11) is 0. The van der Waals surface area contributed by atoms with Crippen molar-refractivity contribution in [3.63, 3.8) is 0 Å². The van der Waals surface area contributed by atoms with Crippen molar-refractivity contribution in [3.8, 4) is 5.75 Å². The van der Waals surface area contributed by atoms with Crippen molar-refractivity contribution in [2.24, 2.45) is 0 Å². The first kappa shape index (κ1) is 11.3. The van der Waals surface area contributed by atoms with E-state index in [9.17, 15) is 0 Å². The highest BCUT2D eigenvalue weighted by Gasteiger charge is 2.02. The van der Waals surface area contributed by atoms with Crippen LogP contribution in [0.5, 0.6) is 5.75 Å². The van der Waals surface area contributed by atoms with Gasteiger partial charge in [0.15, 0.2) is 0 Å². The predicted octanol–water partition coefficient (Wildman–Crippen LogP) is 3.68. The van der Waals surface area contributed by atoms with Crippen LogP contribution < -0.4 is 4.74 Å². The summed E-state index contributed by atoms with van der Waals surface area (Å²) in [6.45, 7) is 0.470. The van der Waals surface area contributed by atoms with Crippen LogP contribution >= 0.6 is 15.9 Å². The molecule has 90 valence electrons. The maximum absolute atomic E-state index is 5.70. The molecule has 0 aliphatic heterocycles. The Morgan fingerprint density at radius 3 is 2.94 bits per heavy atom. The van der Waals surface area contributed by atoms with Crippen molar-refractivity contribution in [2.75, 3.05) is 0 Å². The fourth-order valence-electron chi connectivity index (χ4n) is 1.77. The highest BCUT2D eigenvalue weighted by molar-refractivity contribution is 9.10. The van der Waals surface area contributed by atoms with E-state index in [2.05, 4.69) is 20.9 Å². The smallest absolute Gasteiger partial charge is 0.137 e. The molecule has 0 fully saturated rings. The van der Waals surface area contributed by atoms with Crippen molar-refractivity contribution in [3.05, 3.63) is 65.0 Å². The molecule has 1 aromatic carbocycles. The standard InChI is InChI=1S/C14H11BrN2O/c15-11-4-3-5-13(8-11)18-10-12-9-17-7-2-1-6-14(17)16-12/h1-9H,10H2. The average molecular weight is 303 g/mol. The van der Waals surface area contributed by atoms with Gasteiger partial charge in [0, 0.05) is 16.9 Å². The highest BCUT2D eigenvalue weighted by atomic mass is 79.9. The van der Waals surface area contributed by atoms with E-state index in [0.29, 0.717) is 6.61 Å². The number of hydrogen-bond donors (Lipinski definition) is 0. The second-order valence-electron chi connectivity index (χ2n) is 3.94. The molecule has 0 bridgehead atoms. The largest absolute Gasteiger partial charge is 0.487 e. The van der Waals surface area contributed by atoms with Crippen LogP contribution in [0.3, 0.4) is 0 Å². The summed E-state index contributed by atoms with van der Waals surface area (Å²) in [6, 6.07) is 13.7. The van der Waals surface area contributed by atoms with Gasteiger partial charge in [-0.15, -0.1) is 0 Å². The zero-order valence-electron chi connectivity index (χ0n) is 9.58. The molecule has 2 heterocycles. The zero-order chi connectivity index (χ0) is 12.4. The Kier molecular flexibility index (Phi) is 3.02. The fourth-order valence-corrected chi connectivity index (χ4v) is 2.15. The molecule has 18 heavy (non-hydrogen) atoms. The molecule has 0 amide bonds. The summed E-state index contributed by atoms with van der Waals surface area (Å²) < 4.78 is 8.69. The van der Waals surface area contributed by atoms with Gasteiger partial charge in [-0.05, 0) is 30.3 Å². The summed E-state index contributed by atoms with van der Waals surface area (Å²) >= 11 is 3.42. The van der Waals surface area contributed by atoms with Crippen molar-refractivity contribution in [1.82, 2.24) is 9.38 Å². The average Bonchev–Trinajstić information content (AvgIpc) is 2.79. The minimum atomic E-state index is 0.470. The number of fused-ring (bicyclic) bond motifs is 1. The molecule has 3 rings (SSSR count). The normalized spacial score (nSPS) is 10.7. The topological polar surface area (TPSA) is 26.5 Å². The maximum atomic E-state index is 5.70. The predicted molar refractivity (Wildman–Crippen MR) is 73.7 cm³/mol. The first-order chi connectivity index (χ1) is 8.81. The monoisotopic (exact) mass is 302 g/mol. The van der Waals surface area contributed by atoms with E-state index in [4.69, 9.17) is 4.74 Å². The molecule has 4 heteroatoms. The number of benzene rings is 1. The van der Waals surface area contributed by atoms with Gasteiger partial charge in [-0.3, -0.25) is 0 Å². The van der Waals surface area contributed by atoms with Gasteiger partial charge in [0.25, 0.3) is 0 Å². The lowest BCUT2D eigenvalue weighted by atomic mass is 10.3. The Labute approximate surface area is 113 Å². The fraction of sp³-hybridized carbons (Fsp3) is 0.0714. The van der Waals surface area contributed by atoms with Crippen LogP contribution in [0.25, 0.3) is 5.65 Å². The van der Waals surface area contributed by atoms with Gasteiger partial charge in [0.2, 0.25) is 0 Å². The van der Waals surface area contributed by atoms with E-state index in [0.717, 1.165) is 21.6 Å². The quantitative estimate of drug-likeness (QED) is 0.738. The second-order valence-corrected chi connectivity index (χ2v) is 4.86. The molecular formula is C14H11BrN2O. The van der Waals surface area contributed by atoms with E-state index in [-0.39, 0.29) is 0 Å². The Hall–Kier alpha value is -1.81. The van der Waals surface area contributed by atoms with Crippen LogP contribution in [0.2, 0.25) is 0 Å². The molecular weight excluding hydrogens is 292 g/mol. The minimum absolute atomic E-state index is 0.470. The number of nitrogens with zero attached hydrogens (tertiary/aromatic N) is 2. The van der Waals surface area contributed by atoms with Gasteiger partial charge in [0.05, 0.1) is 5.69 Å². The summed E-state index contributed by atoms with van der Waals surface area (Å²) in [5.41, 5.74) is 1.85. The number of pyridine rings is 1. The Morgan fingerprint density at radius 1 is 1.17 bits per heavy atom. The number of ether oxygens (including phenoxy) is 1. The molecule has 0 spiro atoms. The van der Waals surface area contributed by atoms with E-state index < -0.39 is 0 Å². The molecule has 3 nitrogen and oxygen atoms in total. The van der Waals surface area contributed by atoms with Gasteiger partial charge in [-0.2, -0.15) is 0 Å². The first-order valence-corrected chi connectivity index (χ1v) is 6.41. The molecule has 0 atom stereocenters. The van der Waals surface area contributed by atoms with Crippen LogP contribution in [0.1, 0.15) is 5.69 Å². The summed E-state index contributed by atoms with van der Waals surface area (Å²) in [4.78, 5) is 4.48. The molecule has 0 radical (unpaired) electrons. The first-order valence-electron chi connectivity index (χ1n) is 5.62. The van der Waals surface area contributed by atoms with Crippen molar-refractivity contribution in [2.45, 2.75) is 6.61 Å². The molecule has 0 unspecified atom stereocenters. The highest BCUT2D eigenvalue weighted by Crippen LogP contribution is 2.18. The van der Waals surface area contributed by atoms with Crippen LogP contribution in [0, 0.1) is 0 Å².